The van der Waals surface area contributed by atoms with Gasteiger partial charge in [0.25, 0.3) is 0 Å². The topological polar surface area (TPSA) is 0 Å². The lowest BCUT2D eigenvalue weighted by atomic mass is 10.1. The molecule has 0 bridgehead atoms. The molecule has 0 saturated carbocycles. The summed E-state index contributed by atoms with van der Waals surface area (Å²) in [5.74, 6) is 0.714. The Morgan fingerprint density at radius 2 is 1.47 bits per heavy atom. The van der Waals surface area contributed by atoms with Crippen LogP contribution in [0.5, 0.6) is 0 Å². The SMILES string of the molecule is C=CS(C)(F)CCCCCCCCCC. The van der Waals surface area contributed by atoms with Crippen LogP contribution in [-0.2, 0) is 0 Å². The van der Waals surface area contributed by atoms with Crippen LogP contribution in [-0.4, -0.2) is 12.0 Å². The van der Waals surface area contributed by atoms with E-state index in [0.29, 0.717) is 5.75 Å². The molecular weight excluding hydrogens is 207 g/mol. The summed E-state index contributed by atoms with van der Waals surface area (Å²) in [5.41, 5.74) is 0. The second-order valence-electron chi connectivity index (χ2n) is 4.39. The van der Waals surface area contributed by atoms with Gasteiger partial charge in [0.2, 0.25) is 0 Å². The minimum Gasteiger partial charge on any atom is -0.186 e. The van der Waals surface area contributed by atoms with Crippen LogP contribution < -0.4 is 0 Å². The summed E-state index contributed by atoms with van der Waals surface area (Å²) in [5, 5.41) is 1.51. The molecular formula is C13H27FS. The van der Waals surface area contributed by atoms with E-state index in [0.717, 1.165) is 6.42 Å². The van der Waals surface area contributed by atoms with E-state index in [1.54, 1.807) is 6.26 Å². The van der Waals surface area contributed by atoms with E-state index < -0.39 is 10.4 Å². The monoisotopic (exact) mass is 234 g/mol. The molecule has 0 rings (SSSR count). The molecule has 0 aromatic rings. The van der Waals surface area contributed by atoms with Crippen molar-refractivity contribution in [1.82, 2.24) is 0 Å². The molecule has 0 radical (unpaired) electrons. The first-order valence-corrected chi connectivity index (χ1v) is 8.38. The first-order valence-electron chi connectivity index (χ1n) is 6.20. The highest BCUT2D eigenvalue weighted by Gasteiger charge is 2.10. The Bertz CT molecular complexity index is 155. The van der Waals surface area contributed by atoms with E-state index in [1.165, 1.54) is 50.4 Å². The molecule has 0 nitrogen and oxygen atoms in total. The lowest BCUT2D eigenvalue weighted by molar-refractivity contribution is 0.585. The molecule has 0 aliphatic rings. The minimum absolute atomic E-state index is 0.714. The number of unbranched alkanes of at least 4 members (excludes halogenated alkanes) is 7. The molecule has 2 heteroatoms. The van der Waals surface area contributed by atoms with Crippen LogP contribution in [0.3, 0.4) is 0 Å². The van der Waals surface area contributed by atoms with E-state index in [1.807, 2.05) is 0 Å². The first kappa shape index (κ1) is 15.0. The molecule has 15 heavy (non-hydrogen) atoms. The van der Waals surface area contributed by atoms with Gasteiger partial charge in [0.05, 0.1) is 0 Å². The van der Waals surface area contributed by atoms with Gasteiger partial charge >= 0.3 is 0 Å². The molecule has 0 amide bonds. The van der Waals surface area contributed by atoms with Gasteiger partial charge in [0, 0.05) is 5.75 Å². The zero-order valence-electron chi connectivity index (χ0n) is 10.4. The molecule has 1 unspecified atom stereocenters. The van der Waals surface area contributed by atoms with Crippen LogP contribution in [0.4, 0.5) is 3.89 Å². The molecule has 0 N–H and O–H groups in total. The van der Waals surface area contributed by atoms with E-state index in [4.69, 9.17) is 0 Å². The Balaban J connectivity index is 3.15. The maximum absolute atomic E-state index is 13.5. The van der Waals surface area contributed by atoms with Gasteiger partial charge in [0.1, 0.15) is 0 Å². The molecule has 0 aromatic heterocycles. The highest BCUT2D eigenvalue weighted by molar-refractivity contribution is 8.31. The summed E-state index contributed by atoms with van der Waals surface area (Å²) >= 11 is 0. The number of hydrogen-bond acceptors (Lipinski definition) is 0. The summed E-state index contributed by atoms with van der Waals surface area (Å²) in [7, 11) is -1.96. The summed E-state index contributed by atoms with van der Waals surface area (Å²) < 4.78 is 13.5. The number of rotatable bonds is 10. The summed E-state index contributed by atoms with van der Waals surface area (Å²) in [6, 6.07) is 0. The van der Waals surface area contributed by atoms with Gasteiger partial charge < -0.3 is 0 Å². The average Bonchev–Trinajstić information content (AvgIpc) is 2.22. The van der Waals surface area contributed by atoms with Crippen LogP contribution in [0.2, 0.25) is 0 Å². The Morgan fingerprint density at radius 1 is 1.00 bits per heavy atom. The third-order valence-corrected chi connectivity index (χ3v) is 4.53. The van der Waals surface area contributed by atoms with E-state index in [2.05, 4.69) is 13.5 Å². The second kappa shape index (κ2) is 9.26. The quantitative estimate of drug-likeness (QED) is 0.432. The fourth-order valence-corrected chi connectivity index (χ4v) is 2.54. The normalized spacial score (nSPS) is 17.0. The lowest BCUT2D eigenvalue weighted by Crippen LogP contribution is -1.93. The van der Waals surface area contributed by atoms with Crippen molar-refractivity contribution in [3.05, 3.63) is 12.0 Å². The van der Waals surface area contributed by atoms with Crippen molar-refractivity contribution in [3.63, 3.8) is 0 Å². The fraction of sp³-hybridized carbons (Fsp3) is 0.846. The largest absolute Gasteiger partial charge is 0.186 e. The third kappa shape index (κ3) is 10.3. The number of halogens is 1. The van der Waals surface area contributed by atoms with Gasteiger partial charge in [-0.05, 0) is 18.1 Å². The van der Waals surface area contributed by atoms with E-state index >= 15 is 0 Å². The molecule has 0 aliphatic carbocycles. The van der Waals surface area contributed by atoms with E-state index in [9.17, 15) is 3.89 Å². The maximum Gasteiger partial charge on any atom is 0.00692 e. The standard InChI is InChI=1S/C13H27FS/c1-4-6-7-8-9-10-11-12-13-15(3,14)5-2/h5H,2,4,6-13H2,1,3H3. The minimum atomic E-state index is -1.96. The van der Waals surface area contributed by atoms with Crippen LogP contribution in [0.15, 0.2) is 12.0 Å². The van der Waals surface area contributed by atoms with Crippen LogP contribution >= 0.6 is 10.4 Å². The van der Waals surface area contributed by atoms with Crippen molar-refractivity contribution in [3.8, 4) is 0 Å². The molecule has 0 aliphatic heterocycles. The van der Waals surface area contributed by atoms with Crippen LogP contribution in [0.1, 0.15) is 58.3 Å². The van der Waals surface area contributed by atoms with Gasteiger partial charge in [-0.1, -0.05) is 68.9 Å². The summed E-state index contributed by atoms with van der Waals surface area (Å²) in [6.07, 6.45) is 11.9. The zero-order valence-corrected chi connectivity index (χ0v) is 11.3. The lowest BCUT2D eigenvalue weighted by Gasteiger charge is -2.20. The maximum atomic E-state index is 13.5. The highest BCUT2D eigenvalue weighted by Crippen LogP contribution is 2.47. The summed E-state index contributed by atoms with van der Waals surface area (Å²) in [4.78, 5) is 0. The third-order valence-electron chi connectivity index (χ3n) is 2.74. The van der Waals surface area contributed by atoms with Gasteiger partial charge in [-0.3, -0.25) is 0 Å². The second-order valence-corrected chi connectivity index (χ2v) is 7.22. The molecule has 92 valence electrons. The highest BCUT2D eigenvalue weighted by atomic mass is 32.3. The van der Waals surface area contributed by atoms with Gasteiger partial charge in [-0.2, -0.15) is 3.89 Å². The number of hydrogen-bond donors (Lipinski definition) is 0. The molecule has 0 fully saturated rings. The van der Waals surface area contributed by atoms with Gasteiger partial charge in [-0.25, -0.2) is 0 Å². The molecule has 0 spiro atoms. The first-order chi connectivity index (χ1) is 7.12. The zero-order chi connectivity index (χ0) is 11.6. The van der Waals surface area contributed by atoms with E-state index in [-0.39, 0.29) is 0 Å². The Labute approximate surface area is 96.9 Å². The van der Waals surface area contributed by atoms with Gasteiger partial charge in [-0.15, -0.1) is 0 Å². The molecule has 0 saturated heterocycles. The summed E-state index contributed by atoms with van der Waals surface area (Å²) in [6.45, 7) is 5.78. The Morgan fingerprint density at radius 3 is 1.93 bits per heavy atom. The Kier molecular flexibility index (Phi) is 9.27. The van der Waals surface area contributed by atoms with Crippen molar-refractivity contribution in [2.24, 2.45) is 0 Å². The van der Waals surface area contributed by atoms with Crippen molar-refractivity contribution in [2.75, 3.05) is 12.0 Å². The predicted molar refractivity (Wildman–Crippen MR) is 72.3 cm³/mol. The van der Waals surface area contributed by atoms with Crippen LogP contribution in [0, 0.1) is 0 Å². The smallest absolute Gasteiger partial charge is 0.00692 e. The average molecular weight is 234 g/mol. The predicted octanol–water partition coefficient (Wildman–Crippen LogP) is 5.59. The van der Waals surface area contributed by atoms with Gasteiger partial charge in [0.15, 0.2) is 0 Å². The Hall–Kier alpha value is 0.0200. The fourth-order valence-electron chi connectivity index (χ4n) is 1.60. The molecule has 0 aromatic carbocycles. The van der Waals surface area contributed by atoms with Crippen molar-refractivity contribution in [2.45, 2.75) is 58.3 Å². The van der Waals surface area contributed by atoms with Crippen molar-refractivity contribution < 1.29 is 3.89 Å². The molecule has 0 heterocycles. The van der Waals surface area contributed by atoms with Crippen LogP contribution in [0.25, 0.3) is 0 Å². The molecule has 1 atom stereocenters. The van der Waals surface area contributed by atoms with Crippen molar-refractivity contribution in [1.29, 1.82) is 0 Å². The van der Waals surface area contributed by atoms with Crippen molar-refractivity contribution >= 4 is 10.4 Å².